The molecule has 1 fully saturated rings. The van der Waals surface area contributed by atoms with Crippen LogP contribution in [0.25, 0.3) is 10.8 Å². The number of fused-ring (bicyclic) bond motifs is 1. The maximum atomic E-state index is 9.51. The van der Waals surface area contributed by atoms with Crippen molar-refractivity contribution in [2.75, 3.05) is 33.7 Å². The quantitative estimate of drug-likeness (QED) is 0.935. The second-order valence-electron chi connectivity index (χ2n) is 6.48. The van der Waals surface area contributed by atoms with E-state index in [1.54, 1.807) is 6.07 Å². The number of rotatable bonds is 4. The van der Waals surface area contributed by atoms with E-state index in [1.807, 2.05) is 12.1 Å². The van der Waals surface area contributed by atoms with Crippen molar-refractivity contribution in [1.82, 2.24) is 9.80 Å². The molecule has 0 radical (unpaired) electrons. The highest BCUT2D eigenvalue weighted by Crippen LogP contribution is 2.22. The Bertz CT molecular complexity index is 626. The molecule has 1 heterocycles. The van der Waals surface area contributed by atoms with Crippen molar-refractivity contribution in [1.29, 1.82) is 0 Å². The number of phenolic OH excluding ortho intramolecular Hbond substituents is 1. The van der Waals surface area contributed by atoms with Crippen LogP contribution in [0.5, 0.6) is 5.75 Å². The summed E-state index contributed by atoms with van der Waals surface area (Å²) < 4.78 is 0. The molecular weight excluding hydrogens is 260 g/mol. The molecule has 3 nitrogen and oxygen atoms in total. The van der Waals surface area contributed by atoms with Gasteiger partial charge in [0.05, 0.1) is 0 Å². The lowest BCUT2D eigenvalue weighted by molar-refractivity contribution is 0.267. The van der Waals surface area contributed by atoms with E-state index in [4.69, 9.17) is 0 Å². The molecule has 0 aliphatic carbocycles. The van der Waals surface area contributed by atoms with Gasteiger partial charge in [0, 0.05) is 19.6 Å². The lowest BCUT2D eigenvalue weighted by Crippen LogP contribution is -2.27. The maximum absolute atomic E-state index is 9.51. The van der Waals surface area contributed by atoms with Crippen LogP contribution in [0, 0.1) is 5.92 Å². The molecule has 2 aromatic rings. The molecule has 0 amide bonds. The van der Waals surface area contributed by atoms with Crippen molar-refractivity contribution in [2.24, 2.45) is 5.92 Å². The van der Waals surface area contributed by atoms with Crippen LogP contribution in [0.2, 0.25) is 0 Å². The fraction of sp³-hybridized carbons (Fsp3) is 0.444. The van der Waals surface area contributed by atoms with E-state index < -0.39 is 0 Å². The summed E-state index contributed by atoms with van der Waals surface area (Å²) >= 11 is 0. The second kappa shape index (κ2) is 6.04. The highest BCUT2D eigenvalue weighted by molar-refractivity contribution is 5.84. The molecule has 1 N–H and O–H groups in total. The number of phenols is 1. The molecule has 21 heavy (non-hydrogen) atoms. The van der Waals surface area contributed by atoms with Gasteiger partial charge in [-0.3, -0.25) is 0 Å². The van der Waals surface area contributed by atoms with Crippen LogP contribution in [0.15, 0.2) is 36.4 Å². The highest BCUT2D eigenvalue weighted by atomic mass is 16.3. The molecular formula is C18H24N2O. The molecule has 3 rings (SSSR count). The van der Waals surface area contributed by atoms with Gasteiger partial charge in [-0.1, -0.05) is 18.2 Å². The van der Waals surface area contributed by atoms with E-state index in [9.17, 15) is 5.11 Å². The Hall–Kier alpha value is -1.58. The Labute approximate surface area is 126 Å². The summed E-state index contributed by atoms with van der Waals surface area (Å²) in [7, 11) is 4.41. The van der Waals surface area contributed by atoms with Crippen LogP contribution >= 0.6 is 0 Å². The van der Waals surface area contributed by atoms with Gasteiger partial charge in [-0.05, 0) is 67.5 Å². The van der Waals surface area contributed by atoms with Crippen LogP contribution in [0.4, 0.5) is 0 Å². The van der Waals surface area contributed by atoms with Gasteiger partial charge in [0.15, 0.2) is 0 Å². The smallest absolute Gasteiger partial charge is 0.116 e. The van der Waals surface area contributed by atoms with Gasteiger partial charge in [-0.25, -0.2) is 0 Å². The van der Waals surface area contributed by atoms with E-state index >= 15 is 0 Å². The first kappa shape index (κ1) is 14.4. The molecule has 1 aliphatic heterocycles. The first-order chi connectivity index (χ1) is 10.1. The van der Waals surface area contributed by atoms with Crippen LogP contribution in [0.3, 0.4) is 0 Å². The Morgan fingerprint density at radius 2 is 1.95 bits per heavy atom. The van der Waals surface area contributed by atoms with E-state index in [1.165, 1.54) is 30.5 Å². The van der Waals surface area contributed by atoms with E-state index in [2.05, 4.69) is 42.1 Å². The third-order valence-electron chi connectivity index (χ3n) is 4.40. The first-order valence-corrected chi connectivity index (χ1v) is 7.69. The number of nitrogens with zero attached hydrogens (tertiary/aromatic N) is 2. The van der Waals surface area contributed by atoms with Gasteiger partial charge in [0.1, 0.15) is 5.75 Å². The summed E-state index contributed by atoms with van der Waals surface area (Å²) in [5.41, 5.74) is 1.34. The summed E-state index contributed by atoms with van der Waals surface area (Å²) in [6.45, 7) is 4.61. The van der Waals surface area contributed by atoms with Gasteiger partial charge in [-0.2, -0.15) is 0 Å². The van der Waals surface area contributed by atoms with Crippen LogP contribution in [-0.2, 0) is 6.54 Å². The lowest BCUT2D eigenvalue weighted by Gasteiger charge is -2.21. The van der Waals surface area contributed by atoms with Crippen molar-refractivity contribution < 1.29 is 5.11 Å². The number of hydrogen-bond acceptors (Lipinski definition) is 3. The average Bonchev–Trinajstić information content (AvgIpc) is 2.84. The van der Waals surface area contributed by atoms with Gasteiger partial charge in [-0.15, -0.1) is 0 Å². The molecule has 0 spiro atoms. The Balaban J connectivity index is 1.65. The van der Waals surface area contributed by atoms with Gasteiger partial charge < -0.3 is 14.9 Å². The minimum Gasteiger partial charge on any atom is -0.508 e. The standard InChI is InChI=1S/C18H24N2O/c1-19-8-7-15(12-19)13-20(2)11-14-3-4-17-10-18(21)6-5-16(17)9-14/h3-6,9-10,15,21H,7-8,11-13H2,1-2H3/t15-/m0/s1. The minimum atomic E-state index is 0.331. The minimum absolute atomic E-state index is 0.331. The Morgan fingerprint density at radius 3 is 2.71 bits per heavy atom. The van der Waals surface area contributed by atoms with Crippen molar-refractivity contribution in [3.8, 4) is 5.75 Å². The Kier molecular flexibility index (Phi) is 4.13. The van der Waals surface area contributed by atoms with E-state index in [0.717, 1.165) is 24.4 Å². The number of hydrogen-bond donors (Lipinski definition) is 1. The SMILES string of the molecule is CN1CC[C@H](CN(C)Cc2ccc3cc(O)ccc3c2)C1. The van der Waals surface area contributed by atoms with Crippen LogP contribution < -0.4 is 0 Å². The summed E-state index contributed by atoms with van der Waals surface area (Å²) in [4.78, 5) is 4.84. The van der Waals surface area contributed by atoms with Gasteiger partial charge in [0.25, 0.3) is 0 Å². The first-order valence-electron chi connectivity index (χ1n) is 7.69. The monoisotopic (exact) mass is 284 g/mol. The average molecular weight is 284 g/mol. The molecule has 0 saturated carbocycles. The number of likely N-dealkylation sites (tertiary alicyclic amines) is 1. The predicted molar refractivity (Wildman–Crippen MR) is 87.6 cm³/mol. The zero-order chi connectivity index (χ0) is 14.8. The van der Waals surface area contributed by atoms with Gasteiger partial charge >= 0.3 is 0 Å². The fourth-order valence-electron chi connectivity index (χ4n) is 3.37. The summed E-state index contributed by atoms with van der Waals surface area (Å²) in [6.07, 6.45) is 1.32. The third-order valence-corrected chi connectivity index (χ3v) is 4.40. The van der Waals surface area contributed by atoms with Crippen molar-refractivity contribution >= 4 is 10.8 Å². The summed E-state index contributed by atoms with van der Waals surface area (Å²) in [5, 5.41) is 11.8. The highest BCUT2D eigenvalue weighted by Gasteiger charge is 2.20. The van der Waals surface area contributed by atoms with Crippen molar-refractivity contribution in [3.63, 3.8) is 0 Å². The summed E-state index contributed by atoms with van der Waals surface area (Å²) in [6, 6.07) is 12.0. The molecule has 0 unspecified atom stereocenters. The molecule has 2 aromatic carbocycles. The van der Waals surface area contributed by atoms with E-state index in [-0.39, 0.29) is 0 Å². The predicted octanol–water partition coefficient (Wildman–Crippen LogP) is 2.93. The zero-order valence-corrected chi connectivity index (χ0v) is 12.9. The molecule has 112 valence electrons. The van der Waals surface area contributed by atoms with E-state index in [0.29, 0.717) is 5.75 Å². The fourth-order valence-corrected chi connectivity index (χ4v) is 3.37. The molecule has 0 aromatic heterocycles. The summed E-state index contributed by atoms with van der Waals surface area (Å²) in [5.74, 6) is 1.13. The normalized spacial score (nSPS) is 19.7. The maximum Gasteiger partial charge on any atom is 0.116 e. The Morgan fingerprint density at radius 1 is 1.19 bits per heavy atom. The van der Waals surface area contributed by atoms with Crippen molar-refractivity contribution in [2.45, 2.75) is 13.0 Å². The second-order valence-corrected chi connectivity index (χ2v) is 6.48. The van der Waals surface area contributed by atoms with Crippen LogP contribution in [-0.4, -0.2) is 48.6 Å². The third kappa shape index (κ3) is 3.55. The molecule has 1 aliphatic rings. The van der Waals surface area contributed by atoms with Gasteiger partial charge in [0.2, 0.25) is 0 Å². The molecule has 0 bridgehead atoms. The number of aromatic hydroxyl groups is 1. The van der Waals surface area contributed by atoms with Crippen LogP contribution in [0.1, 0.15) is 12.0 Å². The zero-order valence-electron chi connectivity index (χ0n) is 12.9. The lowest BCUT2D eigenvalue weighted by atomic mass is 10.1. The van der Waals surface area contributed by atoms with Crippen molar-refractivity contribution in [3.05, 3.63) is 42.0 Å². The molecule has 1 saturated heterocycles. The topological polar surface area (TPSA) is 26.7 Å². The molecule has 1 atom stereocenters. The largest absolute Gasteiger partial charge is 0.508 e. The molecule has 3 heteroatoms. The number of benzene rings is 2.